The van der Waals surface area contributed by atoms with Crippen LogP contribution in [0.3, 0.4) is 0 Å². The third-order valence-corrected chi connectivity index (χ3v) is 3.44. The molecule has 1 aromatic rings. The van der Waals surface area contributed by atoms with Crippen LogP contribution in [0.15, 0.2) is 0 Å². The molecule has 0 saturated carbocycles. The van der Waals surface area contributed by atoms with Gasteiger partial charge in [-0.25, -0.2) is 0 Å². The van der Waals surface area contributed by atoms with E-state index in [1.165, 1.54) is 0 Å². The molecule has 2 rings (SSSR count). The molecule has 7 nitrogen and oxygen atoms in total. The molecular formula is C12H19ClN6O. The van der Waals surface area contributed by atoms with Gasteiger partial charge in [-0.2, -0.15) is 15.0 Å². The van der Waals surface area contributed by atoms with Gasteiger partial charge in [-0.1, -0.05) is 0 Å². The van der Waals surface area contributed by atoms with Crippen LogP contribution < -0.4 is 15.1 Å². The number of halogens is 1. The molecule has 20 heavy (non-hydrogen) atoms. The molecule has 1 aromatic heterocycles. The summed E-state index contributed by atoms with van der Waals surface area (Å²) in [6.07, 6.45) is 2.67. The van der Waals surface area contributed by atoms with Crippen LogP contribution in [-0.2, 0) is 4.79 Å². The van der Waals surface area contributed by atoms with Crippen molar-refractivity contribution in [1.82, 2.24) is 20.3 Å². The molecule has 110 valence electrons. The molecule has 8 heteroatoms. The highest BCUT2D eigenvalue weighted by atomic mass is 35.5. The number of carbonyl (C=O) groups is 1. The fraction of sp³-hybridized carbons (Fsp3) is 0.667. The third kappa shape index (κ3) is 3.69. The number of rotatable bonds is 5. The van der Waals surface area contributed by atoms with E-state index in [9.17, 15) is 4.79 Å². The van der Waals surface area contributed by atoms with Crippen LogP contribution in [0.2, 0.25) is 5.28 Å². The topological polar surface area (TPSA) is 74.2 Å². The van der Waals surface area contributed by atoms with Gasteiger partial charge < -0.3 is 15.1 Å². The summed E-state index contributed by atoms with van der Waals surface area (Å²) in [5, 5.41) is 2.77. The van der Waals surface area contributed by atoms with E-state index in [0.29, 0.717) is 24.9 Å². The first-order valence-electron chi connectivity index (χ1n) is 6.68. The highest BCUT2D eigenvalue weighted by Crippen LogP contribution is 2.19. The minimum atomic E-state index is -0.0169. The van der Waals surface area contributed by atoms with Gasteiger partial charge in [0.05, 0.1) is 0 Å². The molecule has 1 N–H and O–H groups in total. The summed E-state index contributed by atoms with van der Waals surface area (Å²) in [4.78, 5) is 27.9. The number of aromatic nitrogens is 3. The summed E-state index contributed by atoms with van der Waals surface area (Å²) < 4.78 is 0. The summed E-state index contributed by atoms with van der Waals surface area (Å²) >= 11 is 5.97. The van der Waals surface area contributed by atoms with Crippen molar-refractivity contribution in [3.05, 3.63) is 5.28 Å². The first kappa shape index (κ1) is 14.8. The van der Waals surface area contributed by atoms with Gasteiger partial charge in [0.15, 0.2) is 0 Å². The predicted molar refractivity (Wildman–Crippen MR) is 78.2 cm³/mol. The Labute approximate surface area is 123 Å². The standard InChI is InChI=1S/C12H19ClN6O/c1-14-9(20)5-8-18(2)11-15-10(13)16-12(17-11)19-6-3-4-7-19/h3-8H2,1-2H3,(H,14,20). The number of carbonyl (C=O) groups excluding carboxylic acids is 1. The van der Waals surface area contributed by atoms with Crippen molar-refractivity contribution in [3.8, 4) is 0 Å². The molecule has 1 aliphatic heterocycles. The molecule has 1 amide bonds. The number of hydrogen-bond donors (Lipinski definition) is 1. The van der Waals surface area contributed by atoms with E-state index < -0.39 is 0 Å². The van der Waals surface area contributed by atoms with Crippen LogP contribution in [0, 0.1) is 0 Å². The minimum Gasteiger partial charge on any atom is -0.359 e. The largest absolute Gasteiger partial charge is 0.359 e. The zero-order valence-electron chi connectivity index (χ0n) is 11.8. The quantitative estimate of drug-likeness (QED) is 0.862. The van der Waals surface area contributed by atoms with Crippen molar-refractivity contribution in [1.29, 1.82) is 0 Å². The summed E-state index contributed by atoms with van der Waals surface area (Å²) in [6.45, 7) is 2.42. The van der Waals surface area contributed by atoms with Gasteiger partial charge in [0, 0.05) is 40.2 Å². The van der Waals surface area contributed by atoms with Crippen molar-refractivity contribution in [2.45, 2.75) is 19.3 Å². The normalized spacial score (nSPS) is 14.4. The average molecular weight is 299 g/mol. The molecule has 1 aliphatic rings. The van der Waals surface area contributed by atoms with Gasteiger partial charge in [0.2, 0.25) is 23.1 Å². The molecule has 0 bridgehead atoms. The maximum Gasteiger partial charge on any atom is 0.231 e. The molecule has 2 heterocycles. The van der Waals surface area contributed by atoms with E-state index in [1.807, 2.05) is 11.9 Å². The van der Waals surface area contributed by atoms with E-state index in [1.54, 1.807) is 7.05 Å². The van der Waals surface area contributed by atoms with Crippen molar-refractivity contribution < 1.29 is 4.79 Å². The van der Waals surface area contributed by atoms with E-state index in [2.05, 4.69) is 25.2 Å². The number of nitrogens with one attached hydrogen (secondary N) is 1. The Bertz CT molecular complexity index is 477. The second kappa shape index (κ2) is 6.69. The van der Waals surface area contributed by atoms with E-state index >= 15 is 0 Å². The molecular weight excluding hydrogens is 280 g/mol. The molecule has 0 atom stereocenters. The van der Waals surface area contributed by atoms with Crippen LogP contribution in [-0.4, -0.2) is 54.6 Å². The number of anilines is 2. The van der Waals surface area contributed by atoms with Crippen LogP contribution in [0.4, 0.5) is 11.9 Å². The molecule has 0 radical (unpaired) electrons. The molecule has 0 aliphatic carbocycles. The highest BCUT2D eigenvalue weighted by Gasteiger charge is 2.18. The van der Waals surface area contributed by atoms with E-state index in [4.69, 9.17) is 11.6 Å². The first-order valence-corrected chi connectivity index (χ1v) is 7.06. The Kier molecular flexibility index (Phi) is 4.94. The van der Waals surface area contributed by atoms with Crippen molar-refractivity contribution >= 4 is 29.4 Å². The lowest BCUT2D eigenvalue weighted by Crippen LogP contribution is -2.28. The lowest BCUT2D eigenvalue weighted by molar-refractivity contribution is -0.120. The van der Waals surface area contributed by atoms with E-state index in [-0.39, 0.29) is 11.2 Å². The SMILES string of the molecule is CNC(=O)CCN(C)c1nc(Cl)nc(N2CCCC2)n1. The van der Waals surface area contributed by atoms with Crippen LogP contribution >= 0.6 is 11.6 Å². The third-order valence-electron chi connectivity index (χ3n) is 3.27. The second-order valence-corrected chi connectivity index (χ2v) is 5.08. The lowest BCUT2D eigenvalue weighted by Gasteiger charge is -2.20. The maximum atomic E-state index is 11.3. The number of nitrogens with zero attached hydrogens (tertiary/aromatic N) is 5. The minimum absolute atomic E-state index is 0.0169. The monoisotopic (exact) mass is 298 g/mol. The average Bonchev–Trinajstić information content (AvgIpc) is 2.97. The van der Waals surface area contributed by atoms with Gasteiger partial charge in [-0.3, -0.25) is 4.79 Å². The highest BCUT2D eigenvalue weighted by molar-refractivity contribution is 6.28. The molecule has 0 unspecified atom stereocenters. The van der Waals surface area contributed by atoms with Gasteiger partial charge in [-0.15, -0.1) is 0 Å². The van der Waals surface area contributed by atoms with Gasteiger partial charge in [0.25, 0.3) is 0 Å². The van der Waals surface area contributed by atoms with Crippen LogP contribution in [0.25, 0.3) is 0 Å². The molecule has 1 saturated heterocycles. The number of amides is 1. The van der Waals surface area contributed by atoms with Crippen LogP contribution in [0.1, 0.15) is 19.3 Å². The molecule has 1 fully saturated rings. The van der Waals surface area contributed by atoms with Crippen LogP contribution in [0.5, 0.6) is 0 Å². The zero-order chi connectivity index (χ0) is 14.5. The van der Waals surface area contributed by atoms with E-state index in [0.717, 1.165) is 25.9 Å². The zero-order valence-corrected chi connectivity index (χ0v) is 12.5. The Morgan fingerprint density at radius 1 is 1.35 bits per heavy atom. The van der Waals surface area contributed by atoms with Crippen molar-refractivity contribution in [2.75, 3.05) is 43.5 Å². The molecule has 0 aromatic carbocycles. The predicted octanol–water partition coefficient (Wildman–Crippen LogP) is 0.697. The first-order chi connectivity index (χ1) is 9.60. The Balaban J connectivity index is 2.08. The smallest absolute Gasteiger partial charge is 0.231 e. The van der Waals surface area contributed by atoms with Gasteiger partial charge >= 0.3 is 0 Å². The summed E-state index contributed by atoms with van der Waals surface area (Å²) in [6, 6.07) is 0. The maximum absolute atomic E-state index is 11.3. The fourth-order valence-electron chi connectivity index (χ4n) is 2.05. The van der Waals surface area contributed by atoms with Gasteiger partial charge in [-0.05, 0) is 24.4 Å². The Morgan fingerprint density at radius 2 is 2.05 bits per heavy atom. The summed E-state index contributed by atoms with van der Waals surface area (Å²) in [7, 11) is 3.45. The fourth-order valence-corrected chi connectivity index (χ4v) is 2.20. The van der Waals surface area contributed by atoms with Crippen molar-refractivity contribution in [3.63, 3.8) is 0 Å². The Hall–Kier alpha value is -1.63. The summed E-state index contributed by atoms with van der Waals surface area (Å²) in [5.74, 6) is 1.09. The second-order valence-electron chi connectivity index (χ2n) is 4.74. The summed E-state index contributed by atoms with van der Waals surface area (Å²) in [5.41, 5.74) is 0. The van der Waals surface area contributed by atoms with Gasteiger partial charge in [0.1, 0.15) is 0 Å². The molecule has 0 spiro atoms. The van der Waals surface area contributed by atoms with Crippen molar-refractivity contribution in [2.24, 2.45) is 0 Å². The number of hydrogen-bond acceptors (Lipinski definition) is 6. The lowest BCUT2D eigenvalue weighted by atomic mass is 10.4. The Morgan fingerprint density at radius 3 is 2.70 bits per heavy atom.